The van der Waals surface area contributed by atoms with Crippen LogP contribution in [0.15, 0.2) is 60.7 Å². The Balaban J connectivity index is 2.48. The third-order valence-electron chi connectivity index (χ3n) is 2.45. The highest BCUT2D eigenvalue weighted by molar-refractivity contribution is 6.30. The number of hydrogen-bond donors (Lipinski definition) is 0. The number of hydrogen-bond acceptors (Lipinski definition) is 1. The van der Waals surface area contributed by atoms with Gasteiger partial charge in [-0.2, -0.15) is 5.26 Å². The van der Waals surface area contributed by atoms with Crippen molar-refractivity contribution in [2.75, 3.05) is 0 Å². The maximum Gasteiger partial charge on any atom is 0.0918 e. The highest BCUT2D eigenvalue weighted by atomic mass is 35.5. The van der Waals surface area contributed by atoms with Gasteiger partial charge in [0.2, 0.25) is 0 Å². The molecule has 2 aromatic rings. The standard InChI is InChI=1S/C15H10ClN/c16-14-8-6-13(7-9-14)15(10-11-17)12-4-2-1-3-5-12/h1-10H/b15-10-. The van der Waals surface area contributed by atoms with Gasteiger partial charge in [-0.3, -0.25) is 0 Å². The smallest absolute Gasteiger partial charge is 0.0918 e. The van der Waals surface area contributed by atoms with E-state index in [1.54, 1.807) is 6.08 Å². The fourth-order valence-electron chi connectivity index (χ4n) is 1.65. The van der Waals surface area contributed by atoms with E-state index in [1.807, 2.05) is 54.6 Å². The first-order chi connectivity index (χ1) is 8.31. The fraction of sp³-hybridized carbons (Fsp3) is 0. The van der Waals surface area contributed by atoms with Gasteiger partial charge in [0, 0.05) is 11.1 Å². The Bertz CT molecular complexity index is 562. The zero-order valence-corrected chi connectivity index (χ0v) is 9.85. The first-order valence-electron chi connectivity index (χ1n) is 5.22. The summed E-state index contributed by atoms with van der Waals surface area (Å²) in [7, 11) is 0. The Morgan fingerprint density at radius 1 is 0.941 bits per heavy atom. The summed E-state index contributed by atoms with van der Waals surface area (Å²) in [4.78, 5) is 0. The predicted octanol–water partition coefficient (Wildman–Crippen LogP) is 4.30. The predicted molar refractivity (Wildman–Crippen MR) is 70.6 cm³/mol. The summed E-state index contributed by atoms with van der Waals surface area (Å²) in [5, 5.41) is 9.55. The zero-order valence-electron chi connectivity index (χ0n) is 9.10. The maximum absolute atomic E-state index is 8.86. The van der Waals surface area contributed by atoms with Crippen molar-refractivity contribution in [1.29, 1.82) is 5.26 Å². The normalized spacial score (nSPS) is 10.9. The summed E-state index contributed by atoms with van der Waals surface area (Å²) >= 11 is 5.85. The molecule has 0 spiro atoms. The van der Waals surface area contributed by atoms with E-state index < -0.39 is 0 Å². The van der Waals surface area contributed by atoms with Gasteiger partial charge in [0.1, 0.15) is 0 Å². The van der Waals surface area contributed by atoms with E-state index in [9.17, 15) is 0 Å². The molecular weight excluding hydrogens is 230 g/mol. The number of rotatable bonds is 2. The van der Waals surface area contributed by atoms with Gasteiger partial charge in [0.15, 0.2) is 0 Å². The topological polar surface area (TPSA) is 23.8 Å². The average molecular weight is 240 g/mol. The fourth-order valence-corrected chi connectivity index (χ4v) is 1.77. The summed E-state index contributed by atoms with van der Waals surface area (Å²) < 4.78 is 0. The molecule has 0 aliphatic heterocycles. The Hall–Kier alpha value is -2.04. The van der Waals surface area contributed by atoms with E-state index in [2.05, 4.69) is 6.07 Å². The Kier molecular flexibility index (Phi) is 3.59. The monoisotopic (exact) mass is 239 g/mol. The lowest BCUT2D eigenvalue weighted by atomic mass is 9.98. The van der Waals surface area contributed by atoms with Crippen LogP contribution in [0.1, 0.15) is 11.1 Å². The van der Waals surface area contributed by atoms with Gasteiger partial charge in [-0.25, -0.2) is 0 Å². The number of benzene rings is 2. The molecule has 0 aliphatic carbocycles. The van der Waals surface area contributed by atoms with Crippen LogP contribution in [0.25, 0.3) is 5.57 Å². The molecule has 0 atom stereocenters. The van der Waals surface area contributed by atoms with Crippen LogP contribution in [-0.2, 0) is 0 Å². The molecule has 0 aromatic heterocycles. The third-order valence-corrected chi connectivity index (χ3v) is 2.70. The molecule has 0 aliphatic rings. The minimum absolute atomic E-state index is 0.693. The zero-order chi connectivity index (χ0) is 12.1. The van der Waals surface area contributed by atoms with Crippen molar-refractivity contribution in [3.05, 3.63) is 76.8 Å². The van der Waals surface area contributed by atoms with Crippen LogP contribution in [-0.4, -0.2) is 0 Å². The molecule has 0 N–H and O–H groups in total. The van der Waals surface area contributed by atoms with E-state index in [4.69, 9.17) is 16.9 Å². The highest BCUT2D eigenvalue weighted by Crippen LogP contribution is 2.24. The maximum atomic E-state index is 8.86. The van der Waals surface area contributed by atoms with Crippen molar-refractivity contribution in [2.24, 2.45) is 0 Å². The van der Waals surface area contributed by atoms with Gasteiger partial charge < -0.3 is 0 Å². The lowest BCUT2D eigenvalue weighted by molar-refractivity contribution is 1.51. The molecule has 0 saturated carbocycles. The third kappa shape index (κ3) is 2.75. The van der Waals surface area contributed by atoms with Gasteiger partial charge in [0.25, 0.3) is 0 Å². The first kappa shape index (κ1) is 11.4. The van der Waals surface area contributed by atoms with Gasteiger partial charge in [0.05, 0.1) is 6.07 Å². The molecule has 0 fully saturated rings. The van der Waals surface area contributed by atoms with Crippen LogP contribution in [0.3, 0.4) is 0 Å². The van der Waals surface area contributed by atoms with E-state index >= 15 is 0 Å². The van der Waals surface area contributed by atoms with Crippen LogP contribution < -0.4 is 0 Å². The van der Waals surface area contributed by atoms with E-state index in [-0.39, 0.29) is 0 Å². The van der Waals surface area contributed by atoms with Gasteiger partial charge in [-0.05, 0) is 28.8 Å². The molecule has 0 unspecified atom stereocenters. The van der Waals surface area contributed by atoms with Gasteiger partial charge >= 0.3 is 0 Å². The lowest BCUT2D eigenvalue weighted by Crippen LogP contribution is -1.87. The first-order valence-corrected chi connectivity index (χ1v) is 5.60. The van der Waals surface area contributed by atoms with Crippen molar-refractivity contribution < 1.29 is 0 Å². The average Bonchev–Trinajstić information content (AvgIpc) is 2.38. The Labute approximate surface area is 106 Å². The Morgan fingerprint density at radius 2 is 1.53 bits per heavy atom. The van der Waals surface area contributed by atoms with Crippen LogP contribution >= 0.6 is 11.6 Å². The second-order valence-corrected chi connectivity index (χ2v) is 4.00. The minimum Gasteiger partial charge on any atom is -0.193 e. The number of allylic oxidation sites excluding steroid dienone is 1. The van der Waals surface area contributed by atoms with Crippen LogP contribution in [0.2, 0.25) is 5.02 Å². The summed E-state index contributed by atoms with van der Waals surface area (Å²) in [6, 6.07) is 19.4. The highest BCUT2D eigenvalue weighted by Gasteiger charge is 2.03. The number of nitriles is 1. The van der Waals surface area contributed by atoms with Crippen molar-refractivity contribution in [2.45, 2.75) is 0 Å². The minimum atomic E-state index is 0.693. The summed E-state index contributed by atoms with van der Waals surface area (Å²) in [5.41, 5.74) is 2.92. The molecule has 2 heteroatoms. The van der Waals surface area contributed by atoms with E-state index in [0.717, 1.165) is 16.7 Å². The van der Waals surface area contributed by atoms with Crippen molar-refractivity contribution in [1.82, 2.24) is 0 Å². The molecule has 0 radical (unpaired) electrons. The SMILES string of the molecule is N#C/C=C(/c1ccccc1)c1ccc(Cl)cc1. The molecule has 1 nitrogen and oxygen atoms in total. The number of nitrogens with zero attached hydrogens (tertiary/aromatic N) is 1. The second-order valence-electron chi connectivity index (χ2n) is 3.56. The molecule has 2 aromatic carbocycles. The van der Waals surface area contributed by atoms with Gasteiger partial charge in [-0.1, -0.05) is 54.1 Å². The Morgan fingerprint density at radius 3 is 2.12 bits per heavy atom. The summed E-state index contributed by atoms with van der Waals surface area (Å²) in [5.74, 6) is 0. The molecule has 0 bridgehead atoms. The molecule has 17 heavy (non-hydrogen) atoms. The van der Waals surface area contributed by atoms with Gasteiger partial charge in [-0.15, -0.1) is 0 Å². The van der Waals surface area contributed by atoms with Crippen molar-refractivity contribution in [3.63, 3.8) is 0 Å². The molecule has 82 valence electrons. The van der Waals surface area contributed by atoms with Crippen molar-refractivity contribution in [3.8, 4) is 6.07 Å². The second kappa shape index (κ2) is 5.34. The lowest BCUT2D eigenvalue weighted by Gasteiger charge is -2.06. The summed E-state index contributed by atoms with van der Waals surface area (Å²) in [6.45, 7) is 0. The molecule has 0 heterocycles. The quantitative estimate of drug-likeness (QED) is 0.717. The van der Waals surface area contributed by atoms with E-state index in [0.29, 0.717) is 5.02 Å². The molecular formula is C15H10ClN. The van der Waals surface area contributed by atoms with E-state index in [1.165, 1.54) is 0 Å². The molecule has 0 saturated heterocycles. The molecule has 2 rings (SSSR count). The van der Waals surface area contributed by atoms with Crippen LogP contribution in [0.5, 0.6) is 0 Å². The largest absolute Gasteiger partial charge is 0.193 e. The van der Waals surface area contributed by atoms with Crippen LogP contribution in [0.4, 0.5) is 0 Å². The number of halogens is 1. The molecule has 0 amide bonds. The van der Waals surface area contributed by atoms with Crippen molar-refractivity contribution >= 4 is 17.2 Å². The summed E-state index contributed by atoms with van der Waals surface area (Å²) in [6.07, 6.45) is 1.55. The van der Waals surface area contributed by atoms with Crippen LogP contribution in [0, 0.1) is 11.3 Å².